The number of aryl methyl sites for hydroxylation is 1. The average Bonchev–Trinajstić information content (AvgIpc) is 2.75. The largest absolute Gasteiger partial charge is 0.495 e. The number of nitrogens with zero attached hydrogens (tertiary/aromatic N) is 2. The summed E-state index contributed by atoms with van der Waals surface area (Å²) >= 11 is 0. The van der Waals surface area contributed by atoms with E-state index in [1.54, 1.807) is 18.2 Å². The molecule has 0 radical (unpaired) electrons. The van der Waals surface area contributed by atoms with Crippen molar-refractivity contribution in [2.45, 2.75) is 59.2 Å². The van der Waals surface area contributed by atoms with E-state index in [0.29, 0.717) is 12.2 Å². The van der Waals surface area contributed by atoms with Crippen molar-refractivity contribution in [1.82, 2.24) is 10.2 Å². The summed E-state index contributed by atoms with van der Waals surface area (Å²) in [6.45, 7) is 8.97. The molecule has 35 heavy (non-hydrogen) atoms. The minimum atomic E-state index is -3.84. The molecule has 192 valence electrons. The van der Waals surface area contributed by atoms with Gasteiger partial charge in [0.05, 0.1) is 19.1 Å². The molecule has 0 bridgehead atoms. The molecule has 0 unspecified atom stereocenters. The average molecular weight is 504 g/mol. The number of ether oxygens (including phenoxy) is 1. The maximum absolute atomic E-state index is 13.7. The second kappa shape index (κ2) is 11.6. The summed E-state index contributed by atoms with van der Waals surface area (Å²) in [7, 11) is -2.40. The molecule has 0 aliphatic heterocycles. The molecule has 2 rings (SSSR count). The number of hydrogen-bond donors (Lipinski definition) is 1. The SMILES string of the molecule is CC[C@H](C(=O)NC(C)(C)C)N(Cc1ccccc1)C(=O)CN(c1cc(C)ccc1OC)S(C)(=O)=O. The first kappa shape index (κ1) is 28.2. The Morgan fingerprint density at radius 2 is 1.71 bits per heavy atom. The van der Waals surface area contributed by atoms with Gasteiger partial charge in [-0.2, -0.15) is 0 Å². The van der Waals surface area contributed by atoms with Crippen molar-refractivity contribution in [3.8, 4) is 5.75 Å². The van der Waals surface area contributed by atoms with E-state index in [0.717, 1.165) is 21.7 Å². The van der Waals surface area contributed by atoms with Crippen molar-refractivity contribution >= 4 is 27.5 Å². The molecular weight excluding hydrogens is 466 g/mol. The van der Waals surface area contributed by atoms with E-state index in [1.165, 1.54) is 12.0 Å². The second-order valence-corrected chi connectivity index (χ2v) is 11.5. The van der Waals surface area contributed by atoms with Crippen LogP contribution in [0.4, 0.5) is 5.69 Å². The van der Waals surface area contributed by atoms with Crippen LogP contribution in [0.3, 0.4) is 0 Å². The standard InChI is InChI=1S/C26H37N3O5S/c1-8-21(25(31)27-26(3,4)5)28(17-20-12-10-9-11-13-20)24(30)18-29(35(7,32)33)22-16-19(2)14-15-23(22)34-6/h9-16,21H,8,17-18H2,1-7H3,(H,27,31)/t21-/m1/s1. The molecule has 0 heterocycles. The van der Waals surface area contributed by atoms with Gasteiger partial charge in [-0.3, -0.25) is 13.9 Å². The topological polar surface area (TPSA) is 96.0 Å². The van der Waals surface area contributed by atoms with Crippen LogP contribution >= 0.6 is 0 Å². The number of benzene rings is 2. The van der Waals surface area contributed by atoms with E-state index in [1.807, 2.05) is 65.0 Å². The van der Waals surface area contributed by atoms with Crippen molar-refractivity contribution in [1.29, 1.82) is 0 Å². The number of anilines is 1. The molecule has 9 heteroatoms. The predicted molar refractivity (Wildman–Crippen MR) is 139 cm³/mol. The number of hydrogen-bond acceptors (Lipinski definition) is 5. The summed E-state index contributed by atoms with van der Waals surface area (Å²) in [5.41, 5.74) is 1.44. The van der Waals surface area contributed by atoms with E-state index in [9.17, 15) is 18.0 Å². The summed E-state index contributed by atoms with van der Waals surface area (Å²) in [6, 6.07) is 13.7. The summed E-state index contributed by atoms with van der Waals surface area (Å²) in [5, 5.41) is 2.95. The number of methoxy groups -OCH3 is 1. The lowest BCUT2D eigenvalue weighted by molar-refractivity contribution is -0.141. The minimum absolute atomic E-state index is 0.165. The van der Waals surface area contributed by atoms with Gasteiger partial charge in [0, 0.05) is 12.1 Å². The van der Waals surface area contributed by atoms with E-state index >= 15 is 0 Å². The highest BCUT2D eigenvalue weighted by Gasteiger charge is 2.33. The fourth-order valence-corrected chi connectivity index (χ4v) is 4.59. The first-order valence-electron chi connectivity index (χ1n) is 11.5. The minimum Gasteiger partial charge on any atom is -0.495 e. The quantitative estimate of drug-likeness (QED) is 0.535. The zero-order chi connectivity index (χ0) is 26.4. The molecule has 2 aromatic rings. The molecule has 1 N–H and O–H groups in total. The van der Waals surface area contributed by atoms with Crippen LogP contribution in [0.15, 0.2) is 48.5 Å². The van der Waals surface area contributed by atoms with Crippen molar-refractivity contribution < 1.29 is 22.7 Å². The Hall–Kier alpha value is -3.07. The zero-order valence-electron chi connectivity index (χ0n) is 21.7. The fourth-order valence-electron chi connectivity index (χ4n) is 3.74. The number of nitrogens with one attached hydrogen (secondary N) is 1. The number of amides is 2. The molecular formula is C26H37N3O5S. The van der Waals surface area contributed by atoms with E-state index in [-0.39, 0.29) is 18.1 Å². The number of sulfonamides is 1. The van der Waals surface area contributed by atoms with E-state index < -0.39 is 34.1 Å². The van der Waals surface area contributed by atoms with Crippen LogP contribution < -0.4 is 14.4 Å². The highest BCUT2D eigenvalue weighted by atomic mass is 32.2. The Kier molecular flexibility index (Phi) is 9.31. The van der Waals surface area contributed by atoms with Crippen molar-refractivity contribution in [2.75, 3.05) is 24.2 Å². The van der Waals surface area contributed by atoms with Crippen LogP contribution in [-0.4, -0.2) is 56.6 Å². The van der Waals surface area contributed by atoms with Crippen LogP contribution in [0.2, 0.25) is 0 Å². The van der Waals surface area contributed by atoms with Gasteiger partial charge in [-0.1, -0.05) is 43.3 Å². The first-order chi connectivity index (χ1) is 16.3. The Bertz CT molecular complexity index is 1130. The van der Waals surface area contributed by atoms with Crippen LogP contribution in [-0.2, 0) is 26.2 Å². The third-order valence-corrected chi connectivity index (χ3v) is 6.49. The molecule has 2 amide bonds. The van der Waals surface area contributed by atoms with E-state index in [2.05, 4.69) is 5.32 Å². The summed E-state index contributed by atoms with van der Waals surface area (Å²) < 4.78 is 32.0. The molecule has 1 atom stereocenters. The van der Waals surface area contributed by atoms with Gasteiger partial charge in [0.15, 0.2) is 0 Å². The van der Waals surface area contributed by atoms with Gasteiger partial charge in [-0.05, 0) is 57.4 Å². The smallest absolute Gasteiger partial charge is 0.244 e. The lowest BCUT2D eigenvalue weighted by atomic mass is 10.1. The van der Waals surface area contributed by atoms with Gasteiger partial charge in [-0.25, -0.2) is 8.42 Å². The zero-order valence-corrected chi connectivity index (χ0v) is 22.5. The molecule has 0 aliphatic carbocycles. The normalized spacial score (nSPS) is 12.5. The van der Waals surface area contributed by atoms with Gasteiger partial charge < -0.3 is 15.0 Å². The second-order valence-electron chi connectivity index (χ2n) is 9.62. The van der Waals surface area contributed by atoms with Gasteiger partial charge in [-0.15, -0.1) is 0 Å². The van der Waals surface area contributed by atoms with Gasteiger partial charge >= 0.3 is 0 Å². The predicted octanol–water partition coefficient (Wildman–Crippen LogP) is 3.49. The van der Waals surface area contributed by atoms with Crippen molar-refractivity contribution in [2.24, 2.45) is 0 Å². The molecule has 0 aliphatic rings. The van der Waals surface area contributed by atoms with Crippen LogP contribution in [0.25, 0.3) is 0 Å². The molecule has 0 saturated heterocycles. The lowest BCUT2D eigenvalue weighted by Gasteiger charge is -2.34. The maximum atomic E-state index is 13.7. The number of carbonyl (C=O) groups excluding carboxylic acids is 2. The molecule has 2 aromatic carbocycles. The summed E-state index contributed by atoms with van der Waals surface area (Å²) in [5.74, 6) is -0.442. The van der Waals surface area contributed by atoms with Crippen LogP contribution in [0.5, 0.6) is 5.75 Å². The molecule has 0 saturated carbocycles. The van der Waals surface area contributed by atoms with Crippen LogP contribution in [0, 0.1) is 6.92 Å². The molecule has 0 aromatic heterocycles. The molecule has 8 nitrogen and oxygen atoms in total. The summed E-state index contributed by atoms with van der Waals surface area (Å²) in [4.78, 5) is 28.4. The van der Waals surface area contributed by atoms with Gasteiger partial charge in [0.2, 0.25) is 21.8 Å². The third kappa shape index (κ3) is 7.99. The first-order valence-corrected chi connectivity index (χ1v) is 13.4. The number of carbonyl (C=O) groups is 2. The fraction of sp³-hybridized carbons (Fsp3) is 0.462. The highest BCUT2D eigenvalue weighted by molar-refractivity contribution is 7.92. The maximum Gasteiger partial charge on any atom is 0.244 e. The number of rotatable bonds is 10. The Morgan fingerprint density at radius 3 is 2.23 bits per heavy atom. The van der Waals surface area contributed by atoms with Gasteiger partial charge in [0.1, 0.15) is 18.3 Å². The Morgan fingerprint density at radius 1 is 1.09 bits per heavy atom. The summed E-state index contributed by atoms with van der Waals surface area (Å²) in [6.07, 6.45) is 1.42. The van der Waals surface area contributed by atoms with E-state index in [4.69, 9.17) is 4.74 Å². The molecule has 0 spiro atoms. The molecule has 0 fully saturated rings. The Balaban J connectivity index is 2.50. The van der Waals surface area contributed by atoms with Crippen LogP contribution in [0.1, 0.15) is 45.2 Å². The lowest BCUT2D eigenvalue weighted by Crippen LogP contribution is -2.55. The highest BCUT2D eigenvalue weighted by Crippen LogP contribution is 2.31. The Labute approximate surface area is 209 Å². The van der Waals surface area contributed by atoms with Gasteiger partial charge in [0.25, 0.3) is 0 Å². The third-order valence-electron chi connectivity index (χ3n) is 5.36. The monoisotopic (exact) mass is 503 g/mol. The van der Waals surface area contributed by atoms with Crippen molar-refractivity contribution in [3.63, 3.8) is 0 Å². The van der Waals surface area contributed by atoms with Crippen molar-refractivity contribution in [3.05, 3.63) is 59.7 Å².